The summed E-state index contributed by atoms with van der Waals surface area (Å²) in [6.45, 7) is 3.97. The van der Waals surface area contributed by atoms with Gasteiger partial charge < -0.3 is 5.32 Å². The maximum atomic E-state index is 5.23. The Morgan fingerprint density at radius 3 is 2.50 bits per heavy atom. The smallest absolute Gasteiger partial charge is 0.0574 e. The summed E-state index contributed by atoms with van der Waals surface area (Å²) in [7, 11) is 2.26. The molecule has 0 radical (unpaired) electrons. The highest BCUT2D eigenvalue weighted by molar-refractivity contribution is 4.87. The van der Waals surface area contributed by atoms with E-state index in [-0.39, 0.29) is 0 Å². The molecular formula is C14H26N2. The lowest BCUT2D eigenvalue weighted by molar-refractivity contribution is 0.166. The Hall–Kier alpha value is -0.520. The van der Waals surface area contributed by atoms with E-state index in [0.29, 0.717) is 12.6 Å². The van der Waals surface area contributed by atoms with Gasteiger partial charge >= 0.3 is 0 Å². The zero-order chi connectivity index (χ0) is 11.8. The van der Waals surface area contributed by atoms with Crippen molar-refractivity contribution in [3.63, 3.8) is 0 Å². The zero-order valence-corrected chi connectivity index (χ0v) is 10.8. The van der Waals surface area contributed by atoms with E-state index in [2.05, 4.69) is 30.1 Å². The Morgan fingerprint density at radius 1 is 1.31 bits per heavy atom. The van der Waals surface area contributed by atoms with Crippen LogP contribution in [-0.4, -0.2) is 37.1 Å². The fraction of sp³-hybridized carbons (Fsp3) is 0.857. The number of nitrogens with one attached hydrogen (secondary N) is 1. The second-order valence-electron chi connectivity index (χ2n) is 4.99. The molecule has 0 heterocycles. The molecule has 0 aromatic rings. The summed E-state index contributed by atoms with van der Waals surface area (Å²) in [5, 5.41) is 3.29. The van der Waals surface area contributed by atoms with E-state index in [9.17, 15) is 0 Å². The molecule has 1 unspecified atom stereocenters. The first kappa shape index (κ1) is 13.5. The fourth-order valence-electron chi connectivity index (χ4n) is 2.52. The molecule has 1 aliphatic carbocycles. The van der Waals surface area contributed by atoms with E-state index in [0.717, 1.165) is 12.6 Å². The molecule has 1 N–H and O–H groups in total. The number of hydrogen-bond donors (Lipinski definition) is 1. The van der Waals surface area contributed by atoms with Crippen LogP contribution in [0.2, 0.25) is 0 Å². The summed E-state index contributed by atoms with van der Waals surface area (Å²) in [4.78, 5) is 2.54. The Morgan fingerprint density at radius 2 is 1.94 bits per heavy atom. The van der Waals surface area contributed by atoms with E-state index in [1.807, 2.05) is 0 Å². The number of rotatable bonds is 5. The summed E-state index contributed by atoms with van der Waals surface area (Å²) in [5.41, 5.74) is 0. The number of terminal acetylenes is 1. The number of nitrogens with zero attached hydrogens (tertiary/aromatic N) is 1. The summed E-state index contributed by atoms with van der Waals surface area (Å²) >= 11 is 0. The first-order valence-electron chi connectivity index (χ1n) is 6.62. The van der Waals surface area contributed by atoms with Gasteiger partial charge in [0.15, 0.2) is 0 Å². The molecule has 92 valence electrons. The predicted octanol–water partition coefficient (Wildman–Crippen LogP) is 2.25. The normalized spacial score (nSPS) is 20.4. The van der Waals surface area contributed by atoms with Crippen molar-refractivity contribution in [1.82, 2.24) is 10.2 Å². The molecule has 1 aliphatic rings. The summed E-state index contributed by atoms with van der Waals surface area (Å²) < 4.78 is 0. The van der Waals surface area contributed by atoms with Gasteiger partial charge in [0.05, 0.1) is 6.54 Å². The van der Waals surface area contributed by atoms with Gasteiger partial charge in [0.1, 0.15) is 0 Å². The largest absolute Gasteiger partial charge is 0.305 e. The average Bonchev–Trinajstić information content (AvgIpc) is 2.56. The van der Waals surface area contributed by atoms with Crippen LogP contribution in [0.3, 0.4) is 0 Å². The van der Waals surface area contributed by atoms with Gasteiger partial charge in [0.2, 0.25) is 0 Å². The first-order valence-corrected chi connectivity index (χ1v) is 6.62. The molecular weight excluding hydrogens is 196 g/mol. The van der Waals surface area contributed by atoms with Crippen molar-refractivity contribution in [3.8, 4) is 12.3 Å². The van der Waals surface area contributed by atoms with Crippen molar-refractivity contribution in [2.24, 2.45) is 0 Å². The van der Waals surface area contributed by atoms with Gasteiger partial charge in [-0.15, -0.1) is 6.42 Å². The summed E-state index contributed by atoms with van der Waals surface area (Å²) in [5.74, 6) is 2.62. The van der Waals surface area contributed by atoms with E-state index < -0.39 is 0 Å². The minimum Gasteiger partial charge on any atom is -0.305 e. The molecule has 0 amide bonds. The summed E-state index contributed by atoms with van der Waals surface area (Å²) in [6, 6.07) is 1.36. The molecule has 0 aliphatic heterocycles. The molecule has 1 rings (SSSR count). The maximum absolute atomic E-state index is 5.23. The van der Waals surface area contributed by atoms with Gasteiger partial charge in [0, 0.05) is 18.6 Å². The zero-order valence-electron chi connectivity index (χ0n) is 10.8. The Labute approximate surface area is 101 Å². The van der Waals surface area contributed by atoms with Crippen LogP contribution in [0.5, 0.6) is 0 Å². The van der Waals surface area contributed by atoms with Gasteiger partial charge in [0.25, 0.3) is 0 Å². The maximum Gasteiger partial charge on any atom is 0.0574 e. The van der Waals surface area contributed by atoms with Crippen molar-refractivity contribution in [1.29, 1.82) is 0 Å². The van der Waals surface area contributed by atoms with Crippen LogP contribution in [-0.2, 0) is 0 Å². The van der Waals surface area contributed by atoms with Crippen LogP contribution in [0.1, 0.15) is 45.4 Å². The molecule has 1 fully saturated rings. The third-order valence-corrected chi connectivity index (χ3v) is 3.76. The van der Waals surface area contributed by atoms with Crippen LogP contribution in [0, 0.1) is 12.3 Å². The predicted molar refractivity (Wildman–Crippen MR) is 70.4 cm³/mol. The molecule has 2 heteroatoms. The van der Waals surface area contributed by atoms with Gasteiger partial charge in [-0.2, -0.15) is 0 Å². The second-order valence-corrected chi connectivity index (χ2v) is 4.99. The second kappa shape index (κ2) is 7.70. The number of likely N-dealkylation sites (N-methyl/N-ethyl adjacent to an activating group) is 1. The van der Waals surface area contributed by atoms with E-state index >= 15 is 0 Å². The van der Waals surface area contributed by atoms with Crippen molar-refractivity contribution in [3.05, 3.63) is 0 Å². The topological polar surface area (TPSA) is 15.3 Å². The molecule has 1 saturated carbocycles. The first-order chi connectivity index (χ1) is 7.75. The lowest BCUT2D eigenvalue weighted by Gasteiger charge is -2.32. The van der Waals surface area contributed by atoms with Crippen LogP contribution in [0.15, 0.2) is 0 Å². The van der Waals surface area contributed by atoms with Crippen LogP contribution >= 0.6 is 0 Å². The van der Waals surface area contributed by atoms with Gasteiger partial charge in [-0.3, -0.25) is 4.90 Å². The molecule has 2 nitrogen and oxygen atoms in total. The standard InChI is InChI=1S/C14H26N2/c1-4-11-15-12-13(2)16(3)14-9-7-5-6-8-10-14/h1,13-15H,5-12H2,2-3H3. The van der Waals surface area contributed by atoms with E-state index in [1.165, 1.54) is 38.5 Å². The van der Waals surface area contributed by atoms with Crippen molar-refractivity contribution < 1.29 is 0 Å². The quantitative estimate of drug-likeness (QED) is 0.436. The van der Waals surface area contributed by atoms with Crippen LogP contribution < -0.4 is 5.32 Å². The Kier molecular flexibility index (Phi) is 6.52. The van der Waals surface area contributed by atoms with Crippen molar-refractivity contribution in [2.45, 2.75) is 57.5 Å². The molecule has 0 aromatic carbocycles. The highest BCUT2D eigenvalue weighted by Gasteiger charge is 2.20. The molecule has 0 saturated heterocycles. The third-order valence-electron chi connectivity index (χ3n) is 3.76. The molecule has 0 bridgehead atoms. The minimum absolute atomic E-state index is 0.580. The molecule has 0 aromatic heterocycles. The van der Waals surface area contributed by atoms with Gasteiger partial charge in [-0.05, 0) is 26.8 Å². The number of hydrogen-bond acceptors (Lipinski definition) is 2. The van der Waals surface area contributed by atoms with Crippen LogP contribution in [0.4, 0.5) is 0 Å². The van der Waals surface area contributed by atoms with Crippen LogP contribution in [0.25, 0.3) is 0 Å². The highest BCUT2D eigenvalue weighted by atomic mass is 15.2. The molecule has 1 atom stereocenters. The Bertz CT molecular complexity index is 211. The van der Waals surface area contributed by atoms with Crippen molar-refractivity contribution >= 4 is 0 Å². The van der Waals surface area contributed by atoms with E-state index in [4.69, 9.17) is 6.42 Å². The molecule has 0 spiro atoms. The monoisotopic (exact) mass is 222 g/mol. The van der Waals surface area contributed by atoms with Gasteiger partial charge in [-0.1, -0.05) is 31.6 Å². The van der Waals surface area contributed by atoms with Gasteiger partial charge in [-0.25, -0.2) is 0 Å². The van der Waals surface area contributed by atoms with E-state index in [1.54, 1.807) is 0 Å². The summed E-state index contributed by atoms with van der Waals surface area (Å²) in [6.07, 6.45) is 13.6. The molecule has 16 heavy (non-hydrogen) atoms. The third kappa shape index (κ3) is 4.55. The minimum atomic E-state index is 0.580. The Balaban J connectivity index is 2.30. The lowest BCUT2D eigenvalue weighted by Crippen LogP contribution is -2.43. The SMILES string of the molecule is C#CCNCC(C)N(C)C1CCCCCC1. The fourth-order valence-corrected chi connectivity index (χ4v) is 2.52. The average molecular weight is 222 g/mol. The highest BCUT2D eigenvalue weighted by Crippen LogP contribution is 2.22. The van der Waals surface area contributed by atoms with Crippen molar-refractivity contribution in [2.75, 3.05) is 20.1 Å². The lowest BCUT2D eigenvalue weighted by atomic mass is 10.1.